The van der Waals surface area contributed by atoms with E-state index in [9.17, 15) is 0 Å². The lowest BCUT2D eigenvalue weighted by Crippen LogP contribution is -2.17. The predicted octanol–water partition coefficient (Wildman–Crippen LogP) is 0.419. The third-order valence-electron chi connectivity index (χ3n) is 1.77. The molecule has 74 valence electrons. The van der Waals surface area contributed by atoms with E-state index in [-0.39, 0.29) is 6.04 Å². The monoisotopic (exact) mass is 183 g/mol. The number of nitrogens with zero attached hydrogens (tertiary/aromatic N) is 2. The number of hydrogen-bond acceptors (Lipinski definition) is 3. The zero-order chi connectivity index (χ0) is 9.68. The van der Waals surface area contributed by atoms with E-state index >= 15 is 0 Å². The highest BCUT2D eigenvalue weighted by molar-refractivity contribution is 5.05. The van der Waals surface area contributed by atoms with Gasteiger partial charge in [-0.3, -0.25) is 4.68 Å². The van der Waals surface area contributed by atoms with Crippen molar-refractivity contribution in [1.29, 1.82) is 0 Å². The molecule has 0 aliphatic heterocycles. The van der Waals surface area contributed by atoms with Crippen molar-refractivity contribution in [3.8, 4) is 0 Å². The molecule has 1 rings (SSSR count). The molecule has 1 aromatic heterocycles. The topological polar surface area (TPSA) is 53.1 Å². The molecule has 1 heterocycles. The molecule has 0 saturated heterocycles. The van der Waals surface area contributed by atoms with Crippen LogP contribution < -0.4 is 5.73 Å². The van der Waals surface area contributed by atoms with Crippen molar-refractivity contribution in [2.75, 3.05) is 13.7 Å². The van der Waals surface area contributed by atoms with E-state index in [0.717, 1.165) is 13.0 Å². The number of rotatable bonds is 5. The molecule has 0 saturated carbocycles. The number of hydrogen-bond donors (Lipinski definition) is 1. The second-order valence-electron chi connectivity index (χ2n) is 3.29. The van der Waals surface area contributed by atoms with Gasteiger partial charge < -0.3 is 10.5 Å². The van der Waals surface area contributed by atoms with Gasteiger partial charge in [0.05, 0.1) is 19.3 Å². The van der Waals surface area contributed by atoms with Gasteiger partial charge in [-0.05, 0) is 18.9 Å². The fraction of sp³-hybridized carbons (Fsp3) is 0.667. The highest BCUT2D eigenvalue weighted by Crippen LogP contribution is 2.00. The molecule has 1 unspecified atom stereocenters. The summed E-state index contributed by atoms with van der Waals surface area (Å²) < 4.78 is 6.83. The Morgan fingerprint density at radius 1 is 1.69 bits per heavy atom. The van der Waals surface area contributed by atoms with Crippen molar-refractivity contribution >= 4 is 0 Å². The number of aromatic nitrogens is 2. The van der Waals surface area contributed by atoms with Crippen molar-refractivity contribution in [2.24, 2.45) is 5.73 Å². The van der Waals surface area contributed by atoms with Gasteiger partial charge >= 0.3 is 0 Å². The molecule has 0 aliphatic rings. The molecular weight excluding hydrogens is 166 g/mol. The van der Waals surface area contributed by atoms with Gasteiger partial charge in [0.2, 0.25) is 0 Å². The van der Waals surface area contributed by atoms with Crippen LogP contribution in [0.1, 0.15) is 12.5 Å². The molecule has 1 atom stereocenters. The van der Waals surface area contributed by atoms with Gasteiger partial charge in [0.1, 0.15) is 0 Å². The van der Waals surface area contributed by atoms with Crippen molar-refractivity contribution in [2.45, 2.75) is 25.9 Å². The Morgan fingerprint density at radius 2 is 2.46 bits per heavy atom. The van der Waals surface area contributed by atoms with Gasteiger partial charge in [-0.2, -0.15) is 5.10 Å². The highest BCUT2D eigenvalue weighted by Gasteiger charge is 2.00. The second-order valence-corrected chi connectivity index (χ2v) is 3.29. The zero-order valence-electron chi connectivity index (χ0n) is 8.23. The molecule has 4 nitrogen and oxygen atoms in total. The van der Waals surface area contributed by atoms with Crippen LogP contribution in [0.15, 0.2) is 12.4 Å². The van der Waals surface area contributed by atoms with Gasteiger partial charge in [0, 0.05) is 19.3 Å². The van der Waals surface area contributed by atoms with Crippen LogP contribution in [0.4, 0.5) is 0 Å². The molecule has 0 aromatic carbocycles. The molecule has 0 spiro atoms. The van der Waals surface area contributed by atoms with Crippen molar-refractivity contribution in [3.05, 3.63) is 18.0 Å². The van der Waals surface area contributed by atoms with Crippen molar-refractivity contribution in [1.82, 2.24) is 9.78 Å². The lowest BCUT2D eigenvalue weighted by atomic mass is 10.1. The molecule has 1 aromatic rings. The fourth-order valence-electron chi connectivity index (χ4n) is 1.19. The third kappa shape index (κ3) is 3.57. The summed E-state index contributed by atoms with van der Waals surface area (Å²) in [5.41, 5.74) is 6.86. The maximum Gasteiger partial charge on any atom is 0.0658 e. The molecule has 4 heteroatoms. The second kappa shape index (κ2) is 4.99. The fourth-order valence-corrected chi connectivity index (χ4v) is 1.19. The number of nitrogens with two attached hydrogens (primary N) is 1. The smallest absolute Gasteiger partial charge is 0.0658 e. The summed E-state index contributed by atoms with van der Waals surface area (Å²) in [6, 6.07) is 0.195. The summed E-state index contributed by atoms with van der Waals surface area (Å²) in [4.78, 5) is 0. The molecule has 0 fully saturated rings. The zero-order valence-corrected chi connectivity index (χ0v) is 8.23. The minimum absolute atomic E-state index is 0.195. The Bertz CT molecular complexity index is 245. The van der Waals surface area contributed by atoms with Crippen LogP contribution in [0.3, 0.4) is 0 Å². The van der Waals surface area contributed by atoms with Crippen LogP contribution in [0.5, 0.6) is 0 Å². The van der Waals surface area contributed by atoms with Crippen LogP contribution in [-0.2, 0) is 17.7 Å². The van der Waals surface area contributed by atoms with Gasteiger partial charge in [-0.25, -0.2) is 0 Å². The standard InChI is InChI=1S/C9H17N3O/c1-8(10)5-9-6-11-12(7-9)3-4-13-2/h6-8H,3-5,10H2,1-2H3. The van der Waals surface area contributed by atoms with Crippen LogP contribution in [0, 0.1) is 0 Å². The molecule has 0 radical (unpaired) electrons. The van der Waals surface area contributed by atoms with Crippen LogP contribution >= 0.6 is 0 Å². The normalized spacial score (nSPS) is 13.2. The van der Waals surface area contributed by atoms with Gasteiger partial charge in [-0.15, -0.1) is 0 Å². The van der Waals surface area contributed by atoms with Gasteiger partial charge in [0.15, 0.2) is 0 Å². The first kappa shape index (κ1) is 10.2. The van der Waals surface area contributed by atoms with E-state index in [0.29, 0.717) is 6.61 Å². The average molecular weight is 183 g/mol. The highest BCUT2D eigenvalue weighted by atomic mass is 16.5. The van der Waals surface area contributed by atoms with Gasteiger partial charge in [0.25, 0.3) is 0 Å². The molecular formula is C9H17N3O. The van der Waals surface area contributed by atoms with E-state index in [4.69, 9.17) is 10.5 Å². The molecule has 13 heavy (non-hydrogen) atoms. The SMILES string of the molecule is COCCn1cc(CC(C)N)cn1. The number of methoxy groups -OCH3 is 1. The Balaban J connectivity index is 2.44. The van der Waals surface area contributed by atoms with E-state index in [2.05, 4.69) is 5.10 Å². The molecule has 0 aliphatic carbocycles. The molecule has 2 N–H and O–H groups in total. The maximum atomic E-state index is 5.67. The summed E-state index contributed by atoms with van der Waals surface area (Å²) in [5.74, 6) is 0. The van der Waals surface area contributed by atoms with E-state index in [1.54, 1.807) is 7.11 Å². The van der Waals surface area contributed by atoms with Crippen molar-refractivity contribution < 1.29 is 4.74 Å². The number of ether oxygens (including phenoxy) is 1. The minimum Gasteiger partial charge on any atom is -0.383 e. The first-order valence-corrected chi connectivity index (χ1v) is 4.48. The summed E-state index contributed by atoms with van der Waals surface area (Å²) >= 11 is 0. The Morgan fingerprint density at radius 3 is 3.08 bits per heavy atom. The lowest BCUT2D eigenvalue weighted by Gasteiger charge is -2.00. The van der Waals surface area contributed by atoms with Crippen LogP contribution in [0.2, 0.25) is 0 Å². The summed E-state index contributed by atoms with van der Waals surface area (Å²) in [6.07, 6.45) is 4.76. The van der Waals surface area contributed by atoms with E-state index in [1.165, 1.54) is 5.56 Å². The van der Waals surface area contributed by atoms with Gasteiger partial charge in [-0.1, -0.05) is 0 Å². The van der Waals surface area contributed by atoms with Crippen LogP contribution in [0.25, 0.3) is 0 Å². The first-order valence-electron chi connectivity index (χ1n) is 4.48. The lowest BCUT2D eigenvalue weighted by molar-refractivity contribution is 0.183. The quantitative estimate of drug-likeness (QED) is 0.719. The summed E-state index contributed by atoms with van der Waals surface area (Å²) in [5, 5.41) is 4.19. The summed E-state index contributed by atoms with van der Waals surface area (Å²) in [6.45, 7) is 3.49. The Kier molecular flexibility index (Phi) is 3.92. The molecule has 0 amide bonds. The first-order chi connectivity index (χ1) is 6.22. The van der Waals surface area contributed by atoms with Crippen LogP contribution in [-0.4, -0.2) is 29.5 Å². The minimum atomic E-state index is 0.195. The van der Waals surface area contributed by atoms with E-state index < -0.39 is 0 Å². The largest absolute Gasteiger partial charge is 0.383 e. The Hall–Kier alpha value is -0.870. The van der Waals surface area contributed by atoms with E-state index in [1.807, 2.05) is 24.0 Å². The third-order valence-corrected chi connectivity index (χ3v) is 1.77. The predicted molar refractivity (Wildman–Crippen MR) is 51.5 cm³/mol. The average Bonchev–Trinajstić information content (AvgIpc) is 2.48. The summed E-state index contributed by atoms with van der Waals surface area (Å²) in [7, 11) is 1.69. The van der Waals surface area contributed by atoms with Crippen molar-refractivity contribution in [3.63, 3.8) is 0 Å². The Labute approximate surface area is 78.7 Å². The maximum absolute atomic E-state index is 5.67. The molecule has 0 bridgehead atoms.